The van der Waals surface area contributed by atoms with Gasteiger partial charge < -0.3 is 9.30 Å². The molecular formula is C25H24N4O6S. The van der Waals surface area contributed by atoms with Crippen LogP contribution in [-0.4, -0.2) is 46.9 Å². The van der Waals surface area contributed by atoms with Crippen LogP contribution in [0.1, 0.15) is 5.56 Å². The fraction of sp³-hybridized carbons (Fsp3) is 0.200. The van der Waals surface area contributed by atoms with Crippen molar-refractivity contribution < 1.29 is 18.1 Å². The number of fused-ring (bicyclic) bond motifs is 1. The topological polar surface area (TPSA) is 125 Å². The minimum atomic E-state index is -4.19. The van der Waals surface area contributed by atoms with Crippen LogP contribution in [0.4, 0.5) is 5.69 Å². The number of aromatic nitrogens is 2. The summed E-state index contributed by atoms with van der Waals surface area (Å²) in [7, 11) is -2.51. The van der Waals surface area contributed by atoms with Crippen molar-refractivity contribution in [1.29, 1.82) is 0 Å². The summed E-state index contributed by atoms with van der Waals surface area (Å²) in [6.45, 7) is 0.0768. The van der Waals surface area contributed by atoms with E-state index in [-0.39, 0.29) is 30.2 Å². The van der Waals surface area contributed by atoms with Gasteiger partial charge >= 0.3 is 0 Å². The fourth-order valence-electron chi connectivity index (χ4n) is 3.84. The van der Waals surface area contributed by atoms with E-state index >= 15 is 0 Å². The van der Waals surface area contributed by atoms with Gasteiger partial charge in [0.15, 0.2) is 4.90 Å². The minimum Gasteiger partial charge on any atom is -0.492 e. The van der Waals surface area contributed by atoms with Gasteiger partial charge in [0.2, 0.25) is 10.0 Å². The molecule has 36 heavy (non-hydrogen) atoms. The number of hydrogen-bond acceptors (Lipinski definition) is 7. The van der Waals surface area contributed by atoms with Crippen molar-refractivity contribution >= 4 is 26.6 Å². The highest BCUT2D eigenvalue weighted by Gasteiger charge is 2.31. The number of benzene rings is 2. The zero-order valence-corrected chi connectivity index (χ0v) is 20.3. The second-order valence-electron chi connectivity index (χ2n) is 8.04. The van der Waals surface area contributed by atoms with E-state index in [1.807, 2.05) is 6.07 Å². The summed E-state index contributed by atoms with van der Waals surface area (Å²) in [5, 5.41) is 12.3. The number of sulfonamides is 1. The van der Waals surface area contributed by atoms with Crippen LogP contribution < -0.4 is 10.3 Å². The number of ether oxygens (including phenoxy) is 1. The Morgan fingerprint density at radius 1 is 1.06 bits per heavy atom. The van der Waals surface area contributed by atoms with Gasteiger partial charge in [-0.15, -0.1) is 0 Å². The highest BCUT2D eigenvalue weighted by atomic mass is 32.2. The van der Waals surface area contributed by atoms with Crippen LogP contribution in [0.5, 0.6) is 5.75 Å². The van der Waals surface area contributed by atoms with E-state index in [9.17, 15) is 23.3 Å². The van der Waals surface area contributed by atoms with Crippen LogP contribution >= 0.6 is 0 Å². The molecule has 0 fully saturated rings. The third kappa shape index (κ3) is 5.42. The molecule has 186 valence electrons. The number of hydrogen-bond donors (Lipinski definition) is 0. The molecule has 2 aromatic heterocycles. The normalized spacial score (nSPS) is 11.6. The van der Waals surface area contributed by atoms with Crippen LogP contribution in [0.3, 0.4) is 0 Å². The van der Waals surface area contributed by atoms with Crippen LogP contribution in [0.2, 0.25) is 0 Å². The highest BCUT2D eigenvalue weighted by Crippen LogP contribution is 2.27. The third-order valence-corrected chi connectivity index (χ3v) is 7.70. The number of nitrogens with zero attached hydrogens (tertiary/aromatic N) is 4. The molecule has 0 unspecified atom stereocenters. The number of rotatable bonds is 10. The first kappa shape index (κ1) is 25.0. The Morgan fingerprint density at radius 2 is 1.86 bits per heavy atom. The SMILES string of the molecule is Cn1c(=O)ccc2cc(OCCN(CCc3cccnc3)S(=O)(=O)c3ccccc3[N+](=O)[O-])ccc21. The number of pyridine rings is 2. The monoisotopic (exact) mass is 508 g/mol. The molecule has 0 saturated carbocycles. The molecule has 0 radical (unpaired) electrons. The molecule has 0 aliphatic carbocycles. The van der Waals surface area contributed by atoms with Crippen LogP contribution in [0, 0.1) is 10.1 Å². The maximum absolute atomic E-state index is 13.5. The fourth-order valence-corrected chi connectivity index (χ4v) is 5.42. The molecular weight excluding hydrogens is 484 g/mol. The lowest BCUT2D eigenvalue weighted by Gasteiger charge is -2.22. The first-order chi connectivity index (χ1) is 17.3. The van der Waals surface area contributed by atoms with Gasteiger partial charge in [0, 0.05) is 50.0 Å². The van der Waals surface area contributed by atoms with Crippen molar-refractivity contribution in [1.82, 2.24) is 13.9 Å². The maximum atomic E-state index is 13.5. The Bertz CT molecular complexity index is 1550. The molecule has 4 rings (SSSR count). The molecule has 10 nitrogen and oxygen atoms in total. The van der Waals surface area contributed by atoms with Gasteiger partial charge in [-0.2, -0.15) is 4.31 Å². The summed E-state index contributed by atoms with van der Waals surface area (Å²) in [6, 6.07) is 17.3. The van der Waals surface area contributed by atoms with Gasteiger partial charge in [0.05, 0.1) is 10.4 Å². The van der Waals surface area contributed by atoms with E-state index in [2.05, 4.69) is 4.98 Å². The lowest BCUT2D eigenvalue weighted by atomic mass is 10.2. The standard InChI is InChI=1S/C25H24N4O6S/c1-27-22-10-9-21(17-20(22)8-11-25(27)30)35-16-15-28(14-12-19-5-4-13-26-18-19)36(33,34)24-7-3-2-6-23(24)29(31)32/h2-11,13,17-18H,12,14-16H2,1H3. The van der Waals surface area contributed by atoms with Crippen LogP contribution in [0.15, 0.2) is 88.8 Å². The summed E-state index contributed by atoms with van der Waals surface area (Å²) in [6.07, 6.45) is 3.65. The molecule has 0 spiro atoms. The molecule has 0 bridgehead atoms. The average Bonchev–Trinajstić information content (AvgIpc) is 2.88. The first-order valence-electron chi connectivity index (χ1n) is 11.1. The lowest BCUT2D eigenvalue weighted by molar-refractivity contribution is -0.387. The molecule has 11 heteroatoms. The van der Waals surface area contributed by atoms with E-state index in [0.29, 0.717) is 12.2 Å². The average molecular weight is 509 g/mol. The predicted molar refractivity (Wildman–Crippen MR) is 134 cm³/mol. The second-order valence-corrected chi connectivity index (χ2v) is 9.95. The van der Waals surface area contributed by atoms with Gasteiger partial charge in [-0.1, -0.05) is 18.2 Å². The van der Waals surface area contributed by atoms with Gasteiger partial charge in [-0.3, -0.25) is 19.9 Å². The number of nitro benzene ring substituents is 1. The van der Waals surface area contributed by atoms with Gasteiger partial charge in [-0.25, -0.2) is 8.42 Å². The summed E-state index contributed by atoms with van der Waals surface area (Å²) in [5.41, 5.74) is 0.971. The van der Waals surface area contributed by atoms with E-state index in [4.69, 9.17) is 4.74 Å². The highest BCUT2D eigenvalue weighted by molar-refractivity contribution is 7.89. The Labute approximate surface area is 207 Å². The molecule has 0 aliphatic heterocycles. The Kier molecular flexibility index (Phi) is 7.41. The quantitative estimate of drug-likeness (QED) is 0.238. The predicted octanol–water partition coefficient (Wildman–Crippen LogP) is 3.15. The summed E-state index contributed by atoms with van der Waals surface area (Å²) < 4.78 is 35.5. The Hall–Kier alpha value is -4.09. The smallest absolute Gasteiger partial charge is 0.289 e. The molecule has 0 atom stereocenters. The number of aryl methyl sites for hydroxylation is 1. The van der Waals surface area contributed by atoms with Gasteiger partial charge in [0.1, 0.15) is 12.4 Å². The van der Waals surface area contributed by atoms with E-state index in [0.717, 1.165) is 16.5 Å². The van der Waals surface area contributed by atoms with Gasteiger partial charge in [0.25, 0.3) is 11.2 Å². The zero-order chi connectivity index (χ0) is 25.7. The molecule has 0 saturated heterocycles. The van der Waals surface area contributed by atoms with E-state index in [1.165, 1.54) is 39.2 Å². The Balaban J connectivity index is 1.56. The van der Waals surface area contributed by atoms with Crippen molar-refractivity contribution in [2.45, 2.75) is 11.3 Å². The molecule has 0 aliphatic rings. The lowest BCUT2D eigenvalue weighted by Crippen LogP contribution is -2.36. The minimum absolute atomic E-state index is 0.0180. The summed E-state index contributed by atoms with van der Waals surface area (Å²) >= 11 is 0. The van der Waals surface area contributed by atoms with Crippen molar-refractivity contribution in [2.75, 3.05) is 19.7 Å². The largest absolute Gasteiger partial charge is 0.492 e. The molecule has 4 aromatic rings. The Morgan fingerprint density at radius 3 is 2.61 bits per heavy atom. The molecule has 2 aromatic carbocycles. The first-order valence-corrected chi connectivity index (χ1v) is 12.6. The van der Waals surface area contributed by atoms with Crippen LogP contribution in [0.25, 0.3) is 10.9 Å². The second kappa shape index (κ2) is 10.7. The molecule has 2 heterocycles. The van der Waals surface area contributed by atoms with Crippen molar-refractivity contribution in [3.05, 3.63) is 105 Å². The summed E-state index contributed by atoms with van der Waals surface area (Å²) in [4.78, 5) is 26.3. The van der Waals surface area contributed by atoms with E-state index in [1.54, 1.807) is 49.8 Å². The maximum Gasteiger partial charge on any atom is 0.289 e. The third-order valence-electron chi connectivity index (χ3n) is 5.76. The number of nitro groups is 1. The van der Waals surface area contributed by atoms with Crippen LogP contribution in [-0.2, 0) is 23.5 Å². The summed E-state index contributed by atoms with van der Waals surface area (Å²) in [5.74, 6) is 0.511. The molecule has 0 amide bonds. The van der Waals surface area contributed by atoms with E-state index < -0.39 is 20.6 Å². The van der Waals surface area contributed by atoms with Crippen molar-refractivity contribution in [3.8, 4) is 5.75 Å². The van der Waals surface area contributed by atoms with Crippen molar-refractivity contribution in [2.24, 2.45) is 7.05 Å². The van der Waals surface area contributed by atoms with Gasteiger partial charge in [-0.05, 0) is 48.4 Å². The molecule has 0 N–H and O–H groups in total. The number of para-hydroxylation sites is 1. The zero-order valence-electron chi connectivity index (χ0n) is 19.5. The van der Waals surface area contributed by atoms with Crippen molar-refractivity contribution in [3.63, 3.8) is 0 Å².